The lowest BCUT2D eigenvalue weighted by Gasteiger charge is -2.26. The Morgan fingerprint density at radius 3 is 2.77 bits per heavy atom. The zero-order chi connectivity index (χ0) is 20.7. The van der Waals surface area contributed by atoms with E-state index in [4.69, 9.17) is 5.73 Å². The van der Waals surface area contributed by atoms with Gasteiger partial charge in [-0.1, -0.05) is 36.4 Å². The molecule has 1 aliphatic heterocycles. The maximum Gasteiger partial charge on any atom is 0.189 e. The molecular formula is C24H22N4O2. The average molecular weight is 398 g/mol. The molecule has 1 aliphatic rings. The third-order valence-corrected chi connectivity index (χ3v) is 5.80. The smallest absolute Gasteiger partial charge is 0.189 e. The first kappa shape index (κ1) is 18.4. The number of para-hydroxylation sites is 2. The standard InChI is InChI=1S/C24H22N4O2/c25-24-18(8-5-12-27-24)23(30)21-22-17(11-13-26-21)16-7-2-3-9-19(16)28(22)14-15-6-1-4-10-20(15)29/h1-10,12,21,26,29H,11,13-14H2,(H2,25,27). The predicted molar refractivity (Wildman–Crippen MR) is 117 cm³/mol. The molecule has 5 rings (SSSR count). The number of phenolic OH excluding ortho intramolecular Hbond substituents is 1. The first-order valence-electron chi connectivity index (χ1n) is 10.00. The van der Waals surface area contributed by atoms with E-state index in [-0.39, 0.29) is 17.4 Å². The first-order valence-corrected chi connectivity index (χ1v) is 10.00. The lowest BCUT2D eigenvalue weighted by atomic mass is 9.93. The minimum absolute atomic E-state index is 0.0945. The molecule has 2 aromatic heterocycles. The van der Waals surface area contributed by atoms with Crippen molar-refractivity contribution in [2.45, 2.75) is 19.0 Å². The van der Waals surface area contributed by atoms with Gasteiger partial charge in [0.2, 0.25) is 0 Å². The van der Waals surface area contributed by atoms with Crippen molar-refractivity contribution in [2.75, 3.05) is 12.3 Å². The number of phenols is 1. The van der Waals surface area contributed by atoms with Crippen LogP contribution in [0.25, 0.3) is 10.9 Å². The number of rotatable bonds is 4. The molecule has 4 N–H and O–H groups in total. The summed E-state index contributed by atoms with van der Waals surface area (Å²) in [5.41, 5.74) is 10.4. The second-order valence-electron chi connectivity index (χ2n) is 7.53. The minimum Gasteiger partial charge on any atom is -0.508 e. The molecule has 0 fully saturated rings. The lowest BCUT2D eigenvalue weighted by Crippen LogP contribution is -2.37. The van der Waals surface area contributed by atoms with E-state index in [1.807, 2.05) is 24.3 Å². The Labute approximate surface area is 174 Å². The number of nitrogens with two attached hydrogens (primary N) is 1. The monoisotopic (exact) mass is 398 g/mol. The van der Waals surface area contributed by atoms with E-state index in [0.717, 1.165) is 28.6 Å². The maximum atomic E-state index is 13.5. The molecule has 6 heteroatoms. The first-order chi connectivity index (χ1) is 14.6. The number of carbonyl (C=O) groups is 1. The molecule has 0 saturated carbocycles. The normalized spacial score (nSPS) is 15.8. The number of pyridine rings is 1. The summed E-state index contributed by atoms with van der Waals surface area (Å²) >= 11 is 0. The highest BCUT2D eigenvalue weighted by atomic mass is 16.3. The molecule has 30 heavy (non-hydrogen) atoms. The van der Waals surface area contributed by atoms with Crippen LogP contribution in [0.1, 0.15) is 33.2 Å². The van der Waals surface area contributed by atoms with Gasteiger partial charge in [-0.25, -0.2) is 4.98 Å². The summed E-state index contributed by atoms with van der Waals surface area (Å²) in [4.78, 5) is 17.6. The third-order valence-electron chi connectivity index (χ3n) is 5.80. The van der Waals surface area contributed by atoms with Crippen LogP contribution in [-0.2, 0) is 13.0 Å². The quantitative estimate of drug-likeness (QED) is 0.458. The second kappa shape index (κ2) is 7.31. The number of carbonyl (C=O) groups excluding carboxylic acids is 1. The van der Waals surface area contributed by atoms with E-state index in [9.17, 15) is 9.90 Å². The van der Waals surface area contributed by atoms with Gasteiger partial charge in [0.1, 0.15) is 17.6 Å². The number of nitrogen functional groups attached to an aromatic ring is 1. The van der Waals surface area contributed by atoms with Crippen LogP contribution in [0.2, 0.25) is 0 Å². The number of anilines is 1. The van der Waals surface area contributed by atoms with Gasteiger partial charge in [-0.2, -0.15) is 0 Å². The molecule has 1 atom stereocenters. The second-order valence-corrected chi connectivity index (χ2v) is 7.53. The molecule has 0 radical (unpaired) electrons. The molecular weight excluding hydrogens is 376 g/mol. The van der Waals surface area contributed by atoms with Crippen molar-refractivity contribution >= 4 is 22.5 Å². The van der Waals surface area contributed by atoms with Crippen LogP contribution in [0.5, 0.6) is 5.75 Å². The number of ketones is 1. The molecule has 2 aromatic carbocycles. The summed E-state index contributed by atoms with van der Waals surface area (Å²) in [6, 6.07) is 18.4. The molecule has 6 nitrogen and oxygen atoms in total. The zero-order valence-electron chi connectivity index (χ0n) is 16.4. The Morgan fingerprint density at radius 2 is 1.93 bits per heavy atom. The molecule has 0 spiro atoms. The van der Waals surface area contributed by atoms with E-state index in [0.29, 0.717) is 18.7 Å². The summed E-state index contributed by atoms with van der Waals surface area (Å²) in [5, 5.41) is 14.9. The number of benzene rings is 2. The van der Waals surface area contributed by atoms with E-state index >= 15 is 0 Å². The average Bonchev–Trinajstić information content (AvgIpc) is 3.09. The van der Waals surface area contributed by atoms with Gasteiger partial charge in [0.15, 0.2) is 5.78 Å². The number of fused-ring (bicyclic) bond motifs is 3. The van der Waals surface area contributed by atoms with Gasteiger partial charge in [0.25, 0.3) is 0 Å². The van der Waals surface area contributed by atoms with Crippen molar-refractivity contribution in [3.05, 3.63) is 89.2 Å². The van der Waals surface area contributed by atoms with Gasteiger partial charge in [-0.05, 0) is 36.2 Å². The van der Waals surface area contributed by atoms with Crippen LogP contribution < -0.4 is 11.1 Å². The largest absolute Gasteiger partial charge is 0.508 e. The van der Waals surface area contributed by atoms with Gasteiger partial charge in [-0.15, -0.1) is 0 Å². The van der Waals surface area contributed by atoms with Gasteiger partial charge < -0.3 is 20.7 Å². The fraction of sp³-hybridized carbons (Fsp3) is 0.167. The van der Waals surface area contributed by atoms with Crippen molar-refractivity contribution in [2.24, 2.45) is 0 Å². The number of Topliss-reactive ketones (excluding diaryl/α,β-unsaturated/α-hetero) is 1. The van der Waals surface area contributed by atoms with Crippen LogP contribution in [0.4, 0.5) is 5.82 Å². The van der Waals surface area contributed by atoms with Crippen LogP contribution in [0, 0.1) is 0 Å². The third kappa shape index (κ3) is 2.93. The van der Waals surface area contributed by atoms with E-state index in [2.05, 4.69) is 27.0 Å². The maximum absolute atomic E-state index is 13.5. The van der Waals surface area contributed by atoms with Crippen LogP contribution in [0.3, 0.4) is 0 Å². The lowest BCUT2D eigenvalue weighted by molar-refractivity contribution is 0.0936. The number of aromatic nitrogens is 2. The summed E-state index contributed by atoms with van der Waals surface area (Å²) in [6.07, 6.45) is 2.41. The Balaban J connectivity index is 1.70. The molecule has 4 aromatic rings. The summed E-state index contributed by atoms with van der Waals surface area (Å²) in [5.74, 6) is 0.384. The van der Waals surface area contributed by atoms with Crippen LogP contribution in [-0.4, -0.2) is 27.0 Å². The SMILES string of the molecule is Nc1ncccc1C(=O)C1NCCc2c1n(Cc1ccccc1O)c1ccccc21. The highest BCUT2D eigenvalue weighted by molar-refractivity contribution is 6.05. The zero-order valence-corrected chi connectivity index (χ0v) is 16.4. The number of nitrogens with zero attached hydrogens (tertiary/aromatic N) is 2. The Kier molecular flexibility index (Phi) is 4.48. The number of hydrogen-bond acceptors (Lipinski definition) is 5. The number of hydrogen-bond donors (Lipinski definition) is 3. The summed E-state index contributed by atoms with van der Waals surface area (Å²) in [6.45, 7) is 1.17. The number of aromatic hydroxyl groups is 1. The van der Waals surface area contributed by atoms with Crippen molar-refractivity contribution < 1.29 is 9.90 Å². The molecule has 3 heterocycles. The molecule has 1 unspecified atom stereocenters. The van der Waals surface area contributed by atoms with Gasteiger partial charge in [-0.3, -0.25) is 4.79 Å². The topological polar surface area (TPSA) is 93.2 Å². The van der Waals surface area contributed by atoms with Crippen molar-refractivity contribution in [3.63, 3.8) is 0 Å². The van der Waals surface area contributed by atoms with E-state index in [1.165, 1.54) is 5.56 Å². The number of nitrogens with one attached hydrogen (secondary N) is 1. The molecule has 0 bridgehead atoms. The highest BCUT2D eigenvalue weighted by Gasteiger charge is 2.33. The van der Waals surface area contributed by atoms with Crippen LogP contribution in [0.15, 0.2) is 66.9 Å². The molecule has 0 aliphatic carbocycles. The Morgan fingerprint density at radius 1 is 1.13 bits per heavy atom. The van der Waals surface area contributed by atoms with Gasteiger partial charge in [0, 0.05) is 34.9 Å². The molecule has 150 valence electrons. The predicted octanol–water partition coefficient (Wildman–Crippen LogP) is 3.44. The molecule has 0 saturated heterocycles. The summed E-state index contributed by atoms with van der Waals surface area (Å²) < 4.78 is 2.14. The molecule has 0 amide bonds. The van der Waals surface area contributed by atoms with Gasteiger partial charge in [0.05, 0.1) is 12.1 Å². The Hall–Kier alpha value is -3.64. The van der Waals surface area contributed by atoms with Crippen LogP contribution >= 0.6 is 0 Å². The summed E-state index contributed by atoms with van der Waals surface area (Å²) in [7, 11) is 0. The Bertz CT molecular complexity index is 1260. The minimum atomic E-state index is -0.529. The van der Waals surface area contributed by atoms with E-state index in [1.54, 1.807) is 30.5 Å². The van der Waals surface area contributed by atoms with Crippen molar-refractivity contribution in [1.29, 1.82) is 0 Å². The van der Waals surface area contributed by atoms with Crippen molar-refractivity contribution in [3.8, 4) is 5.75 Å². The van der Waals surface area contributed by atoms with Crippen molar-refractivity contribution in [1.82, 2.24) is 14.9 Å². The fourth-order valence-electron chi connectivity index (χ4n) is 4.41. The fourth-order valence-corrected chi connectivity index (χ4v) is 4.41. The van der Waals surface area contributed by atoms with E-state index < -0.39 is 6.04 Å². The highest BCUT2D eigenvalue weighted by Crippen LogP contribution is 2.36. The van der Waals surface area contributed by atoms with Gasteiger partial charge >= 0.3 is 0 Å².